The number of ether oxygens (including phenoxy) is 1. The molecule has 0 radical (unpaired) electrons. The van der Waals surface area contributed by atoms with E-state index in [0.29, 0.717) is 0 Å². The summed E-state index contributed by atoms with van der Waals surface area (Å²) in [6, 6.07) is 8.37. The van der Waals surface area contributed by atoms with Crippen LogP contribution in [0.1, 0.15) is 17.5 Å². The van der Waals surface area contributed by atoms with Gasteiger partial charge in [0, 0.05) is 12.0 Å². The molecule has 14 heavy (non-hydrogen) atoms. The number of rotatable bonds is 3. The second kappa shape index (κ2) is 3.71. The average molecular weight is 192 g/mol. The standard InChI is InChI=1S/C12H16O2/c1-10-4-2-3-5-11(10)12(6-7-13)8-14-9-12/h2-5,13H,6-9H2,1H3. The van der Waals surface area contributed by atoms with Gasteiger partial charge in [-0.2, -0.15) is 0 Å². The van der Waals surface area contributed by atoms with Gasteiger partial charge in [-0.05, 0) is 24.5 Å². The van der Waals surface area contributed by atoms with Gasteiger partial charge in [-0.15, -0.1) is 0 Å². The highest BCUT2D eigenvalue weighted by atomic mass is 16.5. The van der Waals surface area contributed by atoms with E-state index in [4.69, 9.17) is 9.84 Å². The van der Waals surface area contributed by atoms with Crippen LogP contribution in [-0.4, -0.2) is 24.9 Å². The number of aliphatic hydroxyl groups excluding tert-OH is 1. The summed E-state index contributed by atoms with van der Waals surface area (Å²) < 4.78 is 5.29. The van der Waals surface area contributed by atoms with E-state index in [2.05, 4.69) is 25.1 Å². The molecule has 1 N–H and O–H groups in total. The summed E-state index contributed by atoms with van der Waals surface area (Å²) in [5.74, 6) is 0. The van der Waals surface area contributed by atoms with Gasteiger partial charge < -0.3 is 9.84 Å². The molecule has 76 valence electrons. The van der Waals surface area contributed by atoms with Gasteiger partial charge in [-0.25, -0.2) is 0 Å². The molecule has 2 heteroatoms. The van der Waals surface area contributed by atoms with Gasteiger partial charge in [0.2, 0.25) is 0 Å². The largest absolute Gasteiger partial charge is 0.396 e. The summed E-state index contributed by atoms with van der Waals surface area (Å²) >= 11 is 0. The fourth-order valence-electron chi connectivity index (χ4n) is 2.16. The van der Waals surface area contributed by atoms with Crippen LogP contribution in [-0.2, 0) is 10.2 Å². The highest BCUT2D eigenvalue weighted by molar-refractivity contribution is 5.35. The van der Waals surface area contributed by atoms with Crippen molar-refractivity contribution in [3.05, 3.63) is 35.4 Å². The molecule has 1 saturated heterocycles. The summed E-state index contributed by atoms with van der Waals surface area (Å²) in [5.41, 5.74) is 2.71. The Morgan fingerprint density at radius 1 is 1.36 bits per heavy atom. The van der Waals surface area contributed by atoms with Gasteiger partial charge in [0.25, 0.3) is 0 Å². The van der Waals surface area contributed by atoms with E-state index in [1.54, 1.807) is 0 Å². The van der Waals surface area contributed by atoms with Crippen LogP contribution in [0.5, 0.6) is 0 Å². The fourth-order valence-corrected chi connectivity index (χ4v) is 2.16. The minimum Gasteiger partial charge on any atom is -0.396 e. The van der Waals surface area contributed by atoms with E-state index in [1.165, 1.54) is 11.1 Å². The number of benzene rings is 1. The maximum absolute atomic E-state index is 9.06. The highest BCUT2D eigenvalue weighted by Gasteiger charge is 2.40. The van der Waals surface area contributed by atoms with Gasteiger partial charge in [0.05, 0.1) is 13.2 Å². The van der Waals surface area contributed by atoms with E-state index in [9.17, 15) is 0 Å². The first-order valence-electron chi connectivity index (χ1n) is 5.03. The zero-order valence-electron chi connectivity index (χ0n) is 8.49. The van der Waals surface area contributed by atoms with Crippen LogP contribution in [0.2, 0.25) is 0 Å². The molecule has 1 heterocycles. The lowest BCUT2D eigenvalue weighted by Crippen LogP contribution is -2.47. The maximum atomic E-state index is 9.06. The Bertz CT molecular complexity index is 316. The zero-order chi connectivity index (χ0) is 10.0. The van der Waals surface area contributed by atoms with Crippen molar-refractivity contribution in [3.63, 3.8) is 0 Å². The fraction of sp³-hybridized carbons (Fsp3) is 0.500. The molecule has 1 aromatic rings. The van der Waals surface area contributed by atoms with Crippen LogP contribution >= 0.6 is 0 Å². The Morgan fingerprint density at radius 3 is 2.57 bits per heavy atom. The third-order valence-electron chi connectivity index (χ3n) is 3.06. The minimum atomic E-state index is 0.0834. The number of aryl methyl sites for hydroxylation is 1. The van der Waals surface area contributed by atoms with Gasteiger partial charge in [0.1, 0.15) is 0 Å². The molecular weight excluding hydrogens is 176 g/mol. The molecule has 0 saturated carbocycles. The molecule has 1 aliphatic heterocycles. The molecule has 1 aliphatic rings. The van der Waals surface area contributed by atoms with E-state index in [0.717, 1.165) is 19.6 Å². The van der Waals surface area contributed by atoms with Crippen molar-refractivity contribution in [1.82, 2.24) is 0 Å². The van der Waals surface area contributed by atoms with Crippen molar-refractivity contribution in [2.24, 2.45) is 0 Å². The molecule has 0 aromatic heterocycles. The lowest BCUT2D eigenvalue weighted by atomic mass is 9.74. The average Bonchev–Trinajstić information content (AvgIpc) is 2.13. The summed E-state index contributed by atoms with van der Waals surface area (Å²) in [6.45, 7) is 3.85. The van der Waals surface area contributed by atoms with E-state index >= 15 is 0 Å². The third kappa shape index (κ3) is 1.45. The normalized spacial score (nSPS) is 19.0. The minimum absolute atomic E-state index is 0.0834. The number of aliphatic hydroxyl groups is 1. The van der Waals surface area contributed by atoms with Crippen molar-refractivity contribution in [1.29, 1.82) is 0 Å². The van der Waals surface area contributed by atoms with Crippen LogP contribution in [0.4, 0.5) is 0 Å². The molecule has 0 aliphatic carbocycles. The van der Waals surface area contributed by atoms with Crippen molar-refractivity contribution in [2.75, 3.05) is 19.8 Å². The van der Waals surface area contributed by atoms with Crippen LogP contribution in [0.3, 0.4) is 0 Å². The molecule has 0 unspecified atom stereocenters. The molecule has 2 rings (SSSR count). The third-order valence-corrected chi connectivity index (χ3v) is 3.06. The van der Waals surface area contributed by atoms with Crippen molar-refractivity contribution in [2.45, 2.75) is 18.8 Å². The van der Waals surface area contributed by atoms with Gasteiger partial charge >= 0.3 is 0 Å². The summed E-state index contributed by atoms with van der Waals surface area (Å²) in [6.07, 6.45) is 0.803. The smallest absolute Gasteiger partial charge is 0.0586 e. The molecule has 2 nitrogen and oxygen atoms in total. The Kier molecular flexibility index (Phi) is 2.57. The predicted octanol–water partition coefficient (Wildman–Crippen LogP) is 1.65. The Hall–Kier alpha value is -0.860. The molecule has 0 atom stereocenters. The van der Waals surface area contributed by atoms with Crippen molar-refractivity contribution >= 4 is 0 Å². The van der Waals surface area contributed by atoms with E-state index in [-0.39, 0.29) is 12.0 Å². The quantitative estimate of drug-likeness (QED) is 0.789. The monoisotopic (exact) mass is 192 g/mol. The summed E-state index contributed by atoms with van der Waals surface area (Å²) in [7, 11) is 0. The SMILES string of the molecule is Cc1ccccc1C1(CCO)COC1. The van der Waals surface area contributed by atoms with Crippen LogP contribution in [0, 0.1) is 6.92 Å². The Labute approximate surface area is 84.5 Å². The molecule has 0 amide bonds. The van der Waals surface area contributed by atoms with E-state index < -0.39 is 0 Å². The topological polar surface area (TPSA) is 29.5 Å². The first kappa shape index (κ1) is 9.69. The second-order valence-corrected chi connectivity index (χ2v) is 4.06. The lowest BCUT2D eigenvalue weighted by molar-refractivity contribution is -0.0703. The second-order valence-electron chi connectivity index (χ2n) is 4.06. The summed E-state index contributed by atoms with van der Waals surface area (Å²) in [5, 5.41) is 9.06. The van der Waals surface area contributed by atoms with Gasteiger partial charge in [-0.3, -0.25) is 0 Å². The van der Waals surface area contributed by atoms with Crippen LogP contribution in [0.25, 0.3) is 0 Å². The van der Waals surface area contributed by atoms with E-state index in [1.807, 2.05) is 6.07 Å². The molecule has 0 bridgehead atoms. The van der Waals surface area contributed by atoms with Gasteiger partial charge in [0.15, 0.2) is 0 Å². The Balaban J connectivity index is 2.32. The zero-order valence-corrected chi connectivity index (χ0v) is 8.49. The first-order valence-corrected chi connectivity index (χ1v) is 5.03. The van der Waals surface area contributed by atoms with Crippen molar-refractivity contribution < 1.29 is 9.84 Å². The number of hydrogen-bond donors (Lipinski definition) is 1. The lowest BCUT2D eigenvalue weighted by Gasteiger charge is -2.42. The van der Waals surface area contributed by atoms with Crippen LogP contribution < -0.4 is 0 Å². The van der Waals surface area contributed by atoms with Crippen LogP contribution in [0.15, 0.2) is 24.3 Å². The molecule has 1 fully saturated rings. The summed E-state index contributed by atoms with van der Waals surface area (Å²) in [4.78, 5) is 0. The van der Waals surface area contributed by atoms with Gasteiger partial charge in [-0.1, -0.05) is 24.3 Å². The maximum Gasteiger partial charge on any atom is 0.0586 e. The highest BCUT2D eigenvalue weighted by Crippen LogP contribution is 2.37. The first-order chi connectivity index (χ1) is 6.78. The number of hydrogen-bond acceptors (Lipinski definition) is 2. The predicted molar refractivity (Wildman–Crippen MR) is 55.4 cm³/mol. The van der Waals surface area contributed by atoms with Crippen molar-refractivity contribution in [3.8, 4) is 0 Å². The molecular formula is C12H16O2. The molecule has 1 aromatic carbocycles. The molecule has 0 spiro atoms. The Morgan fingerprint density at radius 2 is 2.07 bits per heavy atom.